The maximum atomic E-state index is 6.25. The number of hydrogen-bond acceptors (Lipinski definition) is 8. The molecule has 0 unspecified atom stereocenters. The van der Waals surface area contributed by atoms with Gasteiger partial charge in [0, 0.05) is 28.6 Å². The number of rotatable bonds is 6. The zero-order valence-electron chi connectivity index (χ0n) is 17.1. The molecule has 29 heavy (non-hydrogen) atoms. The Balaban J connectivity index is 1.81. The van der Waals surface area contributed by atoms with E-state index >= 15 is 0 Å². The molecule has 8 nitrogen and oxygen atoms in total. The van der Waals surface area contributed by atoms with Gasteiger partial charge in [-0.1, -0.05) is 0 Å². The zero-order valence-corrected chi connectivity index (χ0v) is 17.9. The van der Waals surface area contributed by atoms with E-state index in [0.29, 0.717) is 18.1 Å². The average Bonchev–Trinajstić information content (AvgIpc) is 2.96. The van der Waals surface area contributed by atoms with E-state index in [0.717, 1.165) is 52.5 Å². The number of amidine groups is 1. The fourth-order valence-electron chi connectivity index (χ4n) is 3.77. The minimum absolute atomic E-state index is 0.429. The SMILES string of the molecule is CNCCc1cc2nn(Cc3ncc(C)c(OC)c3C)nc3c-2c1CSN=C3N. The van der Waals surface area contributed by atoms with Crippen LogP contribution in [0, 0.1) is 13.8 Å². The van der Waals surface area contributed by atoms with Gasteiger partial charge in [-0.25, -0.2) is 0 Å². The van der Waals surface area contributed by atoms with Gasteiger partial charge in [0.1, 0.15) is 18.0 Å². The van der Waals surface area contributed by atoms with Gasteiger partial charge in [0.15, 0.2) is 5.84 Å². The average molecular weight is 412 g/mol. The van der Waals surface area contributed by atoms with Gasteiger partial charge in [0.25, 0.3) is 0 Å². The molecule has 0 radical (unpaired) electrons. The molecule has 3 aliphatic rings. The molecule has 3 N–H and O–H groups in total. The Morgan fingerprint density at radius 1 is 1.31 bits per heavy atom. The van der Waals surface area contributed by atoms with Crippen LogP contribution >= 0.6 is 11.9 Å². The molecule has 0 bridgehead atoms. The summed E-state index contributed by atoms with van der Waals surface area (Å²) < 4.78 is 9.95. The van der Waals surface area contributed by atoms with Gasteiger partial charge in [0.05, 0.1) is 18.5 Å². The molecule has 9 heteroatoms. The van der Waals surface area contributed by atoms with Crippen molar-refractivity contribution < 1.29 is 4.74 Å². The van der Waals surface area contributed by atoms with Crippen molar-refractivity contribution in [2.75, 3.05) is 20.7 Å². The van der Waals surface area contributed by atoms with Gasteiger partial charge in [-0.3, -0.25) is 4.98 Å². The van der Waals surface area contributed by atoms with Gasteiger partial charge in [-0.2, -0.15) is 19.4 Å². The van der Waals surface area contributed by atoms with E-state index < -0.39 is 0 Å². The molecular formula is C20H25N7OS. The van der Waals surface area contributed by atoms with Crippen LogP contribution in [-0.4, -0.2) is 46.5 Å². The maximum Gasteiger partial charge on any atom is 0.160 e. The number of pyridine rings is 1. The first kappa shape index (κ1) is 19.7. The quantitative estimate of drug-likeness (QED) is 0.599. The van der Waals surface area contributed by atoms with Crippen molar-refractivity contribution >= 4 is 17.8 Å². The van der Waals surface area contributed by atoms with E-state index in [9.17, 15) is 0 Å². The van der Waals surface area contributed by atoms with Crippen molar-refractivity contribution in [3.63, 3.8) is 0 Å². The lowest BCUT2D eigenvalue weighted by Crippen LogP contribution is -2.22. The van der Waals surface area contributed by atoms with Crippen LogP contribution in [0.4, 0.5) is 0 Å². The Morgan fingerprint density at radius 3 is 2.90 bits per heavy atom. The van der Waals surface area contributed by atoms with E-state index in [1.54, 1.807) is 11.9 Å². The Kier molecular flexibility index (Phi) is 5.42. The second-order valence-corrected chi connectivity index (χ2v) is 7.87. The first-order valence-corrected chi connectivity index (χ1v) is 10.5. The second kappa shape index (κ2) is 8.00. The van der Waals surface area contributed by atoms with Crippen LogP contribution in [0.1, 0.15) is 33.6 Å². The van der Waals surface area contributed by atoms with Crippen molar-refractivity contribution in [2.24, 2.45) is 10.1 Å². The zero-order chi connectivity index (χ0) is 20.5. The van der Waals surface area contributed by atoms with Crippen LogP contribution in [-0.2, 0) is 18.7 Å². The molecule has 1 aromatic rings. The minimum Gasteiger partial charge on any atom is -0.496 e. The standard InChI is InChI=1S/C20H25N7OS/c1-11-8-23-16(12(2)19(11)28-4)9-27-24-15-7-13(5-6-22-3)14-10-29-26-20(21)18(25-27)17(14)15/h7-8,22H,5-6,9-10H2,1-4H3,(H2,21,26). The monoisotopic (exact) mass is 411 g/mol. The van der Waals surface area contributed by atoms with Crippen molar-refractivity contribution in [1.82, 2.24) is 25.3 Å². The van der Waals surface area contributed by atoms with Gasteiger partial charge >= 0.3 is 0 Å². The Labute approximate surface area is 174 Å². The number of aromatic nitrogens is 4. The molecule has 0 aromatic carbocycles. The van der Waals surface area contributed by atoms with Crippen LogP contribution < -0.4 is 15.8 Å². The lowest BCUT2D eigenvalue weighted by molar-refractivity contribution is 0.406. The normalized spacial score (nSPS) is 13.4. The third kappa shape index (κ3) is 3.56. The summed E-state index contributed by atoms with van der Waals surface area (Å²) in [5.74, 6) is 2.06. The predicted octanol–water partition coefficient (Wildman–Crippen LogP) is 2.08. The predicted molar refractivity (Wildman–Crippen MR) is 116 cm³/mol. The highest BCUT2D eigenvalue weighted by Crippen LogP contribution is 2.37. The molecule has 1 aliphatic carbocycles. The Morgan fingerprint density at radius 2 is 2.14 bits per heavy atom. The number of aryl methyl sites for hydroxylation is 1. The topological polar surface area (TPSA) is 103 Å². The summed E-state index contributed by atoms with van der Waals surface area (Å²) in [7, 11) is 3.63. The summed E-state index contributed by atoms with van der Waals surface area (Å²) in [6.45, 7) is 5.32. The molecule has 2 aliphatic heterocycles. The highest BCUT2D eigenvalue weighted by Gasteiger charge is 2.27. The van der Waals surface area contributed by atoms with E-state index in [1.165, 1.54) is 23.1 Å². The first-order valence-electron chi connectivity index (χ1n) is 9.52. The number of nitrogens with one attached hydrogen (secondary N) is 1. The summed E-state index contributed by atoms with van der Waals surface area (Å²) >= 11 is 1.46. The number of nitrogens with two attached hydrogens (primary N) is 1. The summed E-state index contributed by atoms with van der Waals surface area (Å²) in [6.07, 6.45) is 2.75. The molecule has 3 heterocycles. The number of likely N-dealkylation sites (N-methyl/N-ethyl adjacent to an activating group) is 1. The summed E-state index contributed by atoms with van der Waals surface area (Å²) in [4.78, 5) is 6.24. The first-order chi connectivity index (χ1) is 14.0. The highest BCUT2D eigenvalue weighted by atomic mass is 32.2. The third-order valence-electron chi connectivity index (χ3n) is 5.23. The van der Waals surface area contributed by atoms with Crippen LogP contribution in [0.5, 0.6) is 5.75 Å². The summed E-state index contributed by atoms with van der Waals surface area (Å²) in [6, 6.07) is 2.15. The summed E-state index contributed by atoms with van der Waals surface area (Å²) in [5, 5.41) is 12.7. The molecule has 1 aromatic heterocycles. The summed E-state index contributed by atoms with van der Waals surface area (Å²) in [5.41, 5.74) is 14.2. The molecule has 4 rings (SSSR count). The Hall–Kier alpha value is -2.65. The van der Waals surface area contributed by atoms with Crippen molar-refractivity contribution in [1.29, 1.82) is 0 Å². The smallest absolute Gasteiger partial charge is 0.160 e. The van der Waals surface area contributed by atoms with E-state index in [1.807, 2.05) is 27.1 Å². The van der Waals surface area contributed by atoms with E-state index in [2.05, 4.69) is 20.8 Å². The maximum absolute atomic E-state index is 6.25. The molecule has 0 fully saturated rings. The molecular weight excluding hydrogens is 386 g/mol. The van der Waals surface area contributed by atoms with Crippen LogP contribution in [0.2, 0.25) is 0 Å². The Bertz CT molecular complexity index is 1060. The fraction of sp³-hybridized carbons (Fsp3) is 0.400. The number of ether oxygens (including phenoxy) is 1. The van der Waals surface area contributed by atoms with Crippen LogP contribution in [0.15, 0.2) is 16.7 Å². The van der Waals surface area contributed by atoms with Gasteiger partial charge in [0.2, 0.25) is 0 Å². The molecule has 0 amide bonds. The molecule has 152 valence electrons. The van der Waals surface area contributed by atoms with Gasteiger partial charge in [-0.05, 0) is 63.0 Å². The van der Waals surface area contributed by atoms with Crippen molar-refractivity contribution in [2.45, 2.75) is 32.6 Å². The number of methoxy groups -OCH3 is 1. The molecule has 0 saturated heterocycles. The number of hydrogen-bond donors (Lipinski definition) is 2. The lowest BCUT2D eigenvalue weighted by Gasteiger charge is -2.14. The van der Waals surface area contributed by atoms with Gasteiger partial charge < -0.3 is 15.8 Å². The van der Waals surface area contributed by atoms with Crippen molar-refractivity contribution in [3.05, 3.63) is 45.9 Å². The van der Waals surface area contributed by atoms with Crippen LogP contribution in [0.3, 0.4) is 0 Å². The number of nitrogens with zero attached hydrogens (tertiary/aromatic N) is 5. The van der Waals surface area contributed by atoms with Crippen LogP contribution in [0.25, 0.3) is 11.3 Å². The minimum atomic E-state index is 0.429. The lowest BCUT2D eigenvalue weighted by atomic mass is 10.1. The van der Waals surface area contributed by atoms with Crippen molar-refractivity contribution in [3.8, 4) is 17.0 Å². The fourth-order valence-corrected chi connectivity index (χ4v) is 4.52. The molecule has 0 saturated carbocycles. The second-order valence-electron chi connectivity index (χ2n) is 7.14. The molecule has 0 atom stereocenters. The third-order valence-corrected chi connectivity index (χ3v) is 5.98. The van der Waals surface area contributed by atoms with E-state index in [4.69, 9.17) is 20.7 Å². The highest BCUT2D eigenvalue weighted by molar-refractivity contribution is 7.97. The van der Waals surface area contributed by atoms with Gasteiger partial charge in [-0.15, -0.1) is 0 Å². The molecule has 0 spiro atoms. The largest absolute Gasteiger partial charge is 0.496 e. The van der Waals surface area contributed by atoms with E-state index in [-0.39, 0.29) is 0 Å².